The first-order valence-electron chi connectivity index (χ1n) is 18.3. The van der Waals surface area contributed by atoms with Crippen LogP contribution in [0.1, 0.15) is 54.4 Å². The van der Waals surface area contributed by atoms with Crippen molar-refractivity contribution < 1.29 is 33.0 Å². The zero-order valence-electron chi connectivity index (χ0n) is 32.2. The first-order chi connectivity index (χ1) is 27.2. The summed E-state index contributed by atoms with van der Waals surface area (Å²) in [6, 6.07) is 19.4. The number of aromatic nitrogens is 2. The van der Waals surface area contributed by atoms with Crippen molar-refractivity contribution in [2.45, 2.75) is 44.7 Å². The summed E-state index contributed by atoms with van der Waals surface area (Å²) < 4.78 is 29.5. The number of carbonyl (C=O) groups excluding carboxylic acids is 2. The Morgan fingerprint density at radius 1 is 0.982 bits per heavy atom. The van der Waals surface area contributed by atoms with Crippen LogP contribution in [-0.4, -0.2) is 62.2 Å². The number of para-hydroxylation sites is 2. The van der Waals surface area contributed by atoms with E-state index in [-0.39, 0.29) is 23.8 Å². The number of hydrogen-bond donors (Lipinski definition) is 3. The molecule has 0 unspecified atom stereocenters. The predicted octanol–water partition coefficient (Wildman–Crippen LogP) is 7.31. The van der Waals surface area contributed by atoms with Gasteiger partial charge in [-0.1, -0.05) is 12.1 Å². The molecule has 56 heavy (non-hydrogen) atoms. The fourth-order valence-corrected chi connectivity index (χ4v) is 8.06. The summed E-state index contributed by atoms with van der Waals surface area (Å²) in [4.78, 5) is 49.5. The number of benzene rings is 3. The van der Waals surface area contributed by atoms with Gasteiger partial charge in [-0.2, -0.15) is 11.8 Å². The molecule has 0 saturated carbocycles. The minimum atomic E-state index is -0.519. The Hall–Kier alpha value is -5.95. The molecule has 290 valence electrons. The third kappa shape index (κ3) is 7.38. The number of hydrogen-bond acceptors (Lipinski definition) is 10. The van der Waals surface area contributed by atoms with Crippen molar-refractivity contribution in [3.8, 4) is 45.4 Å². The van der Waals surface area contributed by atoms with Crippen LogP contribution in [0.25, 0.3) is 44.5 Å². The molecule has 13 heteroatoms. The standard InChI is InChI=1S/C43H44N4O8S/c1-23(48)44-31-16-13-25-19-36(52-3)41(53-4)42(54-5)38(25)28-20-29-30(39(24-11-14-26(51-2)15-12-24)55-40(29)35(49)21-27(28)31)22-37(50)45-34(17-18-56-6)43-46-32-9-7-8-10-33(32)47-43/h7-12,14-15,19-21,31,34H,13,16-18,22H2,1-6H3,(H,44,48)(H,45,50)(H,46,47)/t31-,34-/m0/s1. The molecule has 0 aliphatic heterocycles. The molecule has 0 spiro atoms. The van der Waals surface area contributed by atoms with E-state index in [1.54, 1.807) is 45.2 Å². The Morgan fingerprint density at radius 2 is 1.75 bits per heavy atom. The number of amides is 2. The average molecular weight is 777 g/mol. The van der Waals surface area contributed by atoms with Crippen molar-refractivity contribution in [1.82, 2.24) is 20.6 Å². The van der Waals surface area contributed by atoms with Crippen molar-refractivity contribution in [1.29, 1.82) is 0 Å². The molecule has 1 aliphatic rings. The Kier molecular flexibility index (Phi) is 11.2. The molecule has 1 aliphatic carbocycles. The van der Waals surface area contributed by atoms with Crippen LogP contribution in [0, 0.1) is 0 Å². The van der Waals surface area contributed by atoms with Gasteiger partial charge in [0.05, 0.1) is 58.0 Å². The maximum absolute atomic E-state index is 14.4. The highest BCUT2D eigenvalue weighted by molar-refractivity contribution is 7.98. The number of thioether (sulfide) groups is 1. The lowest BCUT2D eigenvalue weighted by atomic mass is 9.94. The van der Waals surface area contributed by atoms with Crippen LogP contribution in [0.15, 0.2) is 75.9 Å². The van der Waals surface area contributed by atoms with Gasteiger partial charge in [0.2, 0.25) is 23.0 Å². The number of nitrogens with zero attached hydrogens (tertiary/aromatic N) is 1. The third-order valence-corrected chi connectivity index (χ3v) is 10.8. The second-order valence-corrected chi connectivity index (χ2v) is 14.6. The summed E-state index contributed by atoms with van der Waals surface area (Å²) in [5.74, 6) is 3.25. The number of furan rings is 1. The molecule has 6 aromatic rings. The van der Waals surface area contributed by atoms with Gasteiger partial charge in [-0.25, -0.2) is 4.98 Å². The molecule has 12 nitrogen and oxygen atoms in total. The van der Waals surface area contributed by atoms with E-state index in [1.807, 2.05) is 54.8 Å². The van der Waals surface area contributed by atoms with Crippen LogP contribution in [0.4, 0.5) is 0 Å². The quantitative estimate of drug-likeness (QED) is 0.109. The van der Waals surface area contributed by atoms with Gasteiger partial charge in [0.1, 0.15) is 17.3 Å². The van der Waals surface area contributed by atoms with Crippen LogP contribution >= 0.6 is 11.8 Å². The molecule has 2 atom stereocenters. The molecule has 0 radical (unpaired) electrons. The van der Waals surface area contributed by atoms with Gasteiger partial charge in [-0.05, 0) is 103 Å². The molecule has 3 N–H and O–H groups in total. The first kappa shape index (κ1) is 38.3. The summed E-state index contributed by atoms with van der Waals surface area (Å²) in [6.45, 7) is 1.45. The number of imidazole rings is 1. The van der Waals surface area contributed by atoms with E-state index in [9.17, 15) is 14.4 Å². The highest BCUT2D eigenvalue weighted by Gasteiger charge is 2.31. The predicted molar refractivity (Wildman–Crippen MR) is 218 cm³/mol. The lowest BCUT2D eigenvalue weighted by Gasteiger charge is -2.20. The molecular formula is C43H44N4O8S. The van der Waals surface area contributed by atoms with Crippen LogP contribution in [0.2, 0.25) is 0 Å². The Morgan fingerprint density at radius 3 is 2.43 bits per heavy atom. The Bertz CT molecular complexity index is 2460. The van der Waals surface area contributed by atoms with Gasteiger partial charge in [-0.3, -0.25) is 14.4 Å². The minimum absolute atomic E-state index is 0.0745. The molecule has 2 amide bonds. The number of methoxy groups -OCH3 is 4. The number of fused-ring (bicyclic) bond motifs is 5. The minimum Gasteiger partial charge on any atom is -0.497 e. The van der Waals surface area contributed by atoms with Crippen molar-refractivity contribution in [2.24, 2.45) is 0 Å². The smallest absolute Gasteiger partial charge is 0.225 e. The van der Waals surface area contributed by atoms with Crippen molar-refractivity contribution in [3.05, 3.63) is 99.5 Å². The van der Waals surface area contributed by atoms with Crippen LogP contribution < -0.4 is 35.0 Å². The average Bonchev–Trinajstić information content (AvgIpc) is 3.72. The maximum atomic E-state index is 14.4. The first-order valence-corrected chi connectivity index (χ1v) is 19.7. The third-order valence-electron chi connectivity index (χ3n) is 10.2. The molecule has 2 heterocycles. The van der Waals surface area contributed by atoms with Gasteiger partial charge < -0.3 is 39.0 Å². The fourth-order valence-electron chi connectivity index (χ4n) is 7.59. The molecular weight excluding hydrogens is 733 g/mol. The van der Waals surface area contributed by atoms with Crippen LogP contribution in [0.3, 0.4) is 0 Å². The van der Waals surface area contributed by atoms with E-state index in [2.05, 4.69) is 15.6 Å². The number of nitrogens with one attached hydrogen (secondary N) is 3. The normalized spacial score (nSPS) is 14.0. The van der Waals surface area contributed by atoms with Gasteiger partial charge in [0.25, 0.3) is 0 Å². The van der Waals surface area contributed by atoms with Gasteiger partial charge in [-0.15, -0.1) is 0 Å². The summed E-state index contributed by atoms with van der Waals surface area (Å²) in [5.41, 5.74) is 5.33. The van der Waals surface area contributed by atoms with Crippen LogP contribution in [-0.2, 0) is 22.4 Å². The molecule has 0 fully saturated rings. The van der Waals surface area contributed by atoms with E-state index in [4.69, 9.17) is 28.3 Å². The zero-order valence-corrected chi connectivity index (χ0v) is 33.0. The lowest BCUT2D eigenvalue weighted by molar-refractivity contribution is -0.121. The van der Waals surface area contributed by atoms with Crippen molar-refractivity contribution >= 4 is 45.6 Å². The molecule has 4 aromatic carbocycles. The molecule has 0 saturated heterocycles. The second kappa shape index (κ2) is 16.4. The topological polar surface area (TPSA) is 154 Å². The second-order valence-electron chi connectivity index (χ2n) is 13.6. The number of ether oxygens (including phenoxy) is 4. The monoisotopic (exact) mass is 776 g/mol. The molecule has 0 bridgehead atoms. The van der Waals surface area contributed by atoms with E-state index < -0.39 is 17.5 Å². The Balaban J connectivity index is 1.45. The van der Waals surface area contributed by atoms with Gasteiger partial charge in [0, 0.05) is 29.0 Å². The lowest BCUT2D eigenvalue weighted by Crippen LogP contribution is -2.31. The summed E-state index contributed by atoms with van der Waals surface area (Å²) in [6.07, 6.45) is 3.57. The highest BCUT2D eigenvalue weighted by atomic mass is 32.2. The van der Waals surface area contributed by atoms with E-state index in [1.165, 1.54) is 20.1 Å². The number of carbonyl (C=O) groups is 2. The molecule has 2 aromatic heterocycles. The summed E-state index contributed by atoms with van der Waals surface area (Å²) >= 11 is 1.68. The number of rotatable bonds is 13. The van der Waals surface area contributed by atoms with Gasteiger partial charge >= 0.3 is 0 Å². The number of aromatic amines is 1. The summed E-state index contributed by atoms with van der Waals surface area (Å²) in [7, 11) is 6.23. The summed E-state index contributed by atoms with van der Waals surface area (Å²) in [5, 5.41) is 6.74. The zero-order chi connectivity index (χ0) is 39.5. The van der Waals surface area contributed by atoms with Crippen molar-refractivity contribution in [2.75, 3.05) is 40.4 Å². The number of aryl methyl sites for hydroxylation is 1. The highest BCUT2D eigenvalue weighted by Crippen LogP contribution is 2.51. The van der Waals surface area contributed by atoms with E-state index in [0.29, 0.717) is 87.0 Å². The SMILES string of the molecule is COc1ccc(-c2oc3c(=O)cc4c(cc3c2CC(=O)N[C@@H](CCSC)c2nc3ccccc3[nH]2)-c2c(cc(OC)c(OC)c2OC)CC[C@@H]4NC(C)=O)cc1. The number of H-pyrrole nitrogens is 1. The largest absolute Gasteiger partial charge is 0.497 e. The Labute approximate surface area is 328 Å². The van der Waals surface area contributed by atoms with Gasteiger partial charge in [0.15, 0.2) is 17.1 Å². The van der Waals surface area contributed by atoms with Crippen molar-refractivity contribution in [3.63, 3.8) is 0 Å². The fraction of sp³-hybridized carbons (Fsp3) is 0.302. The van der Waals surface area contributed by atoms with E-state index >= 15 is 0 Å². The van der Waals surface area contributed by atoms with Crippen LogP contribution in [0.5, 0.6) is 23.0 Å². The van der Waals surface area contributed by atoms with E-state index in [0.717, 1.165) is 22.3 Å². The maximum Gasteiger partial charge on any atom is 0.225 e. The molecule has 7 rings (SSSR count).